The summed E-state index contributed by atoms with van der Waals surface area (Å²) in [5.41, 5.74) is 6.66. The Bertz CT molecular complexity index is 922. The van der Waals surface area contributed by atoms with Crippen molar-refractivity contribution in [3.05, 3.63) is 72.8 Å². The first kappa shape index (κ1) is 12.8. The second-order valence-electron chi connectivity index (χ2n) is 5.34. The van der Waals surface area contributed by atoms with Gasteiger partial charge in [0.1, 0.15) is 11.0 Å². The van der Waals surface area contributed by atoms with E-state index < -0.39 is 0 Å². The standard InChI is InChI=1S/C19H15N3/c1-22-20-18-12-11-17(13-19(18)21-22)16-9-7-15(8-10-16)14-5-3-2-4-6-14/h2-13H,1H3. The molecular weight excluding hydrogens is 270 g/mol. The number of hydrogen-bond donors (Lipinski definition) is 0. The average molecular weight is 285 g/mol. The molecule has 3 nitrogen and oxygen atoms in total. The first-order valence-corrected chi connectivity index (χ1v) is 7.26. The fraction of sp³-hybridized carbons (Fsp3) is 0.0526. The number of rotatable bonds is 2. The van der Waals surface area contributed by atoms with E-state index in [4.69, 9.17) is 0 Å². The maximum absolute atomic E-state index is 4.37. The minimum atomic E-state index is 0.923. The monoisotopic (exact) mass is 285 g/mol. The highest BCUT2D eigenvalue weighted by atomic mass is 15.4. The molecule has 4 rings (SSSR count). The van der Waals surface area contributed by atoms with Gasteiger partial charge in [-0.2, -0.15) is 15.0 Å². The highest BCUT2D eigenvalue weighted by molar-refractivity contribution is 5.81. The van der Waals surface area contributed by atoms with E-state index in [9.17, 15) is 0 Å². The molecule has 106 valence electrons. The molecule has 0 bridgehead atoms. The van der Waals surface area contributed by atoms with E-state index in [1.807, 2.05) is 19.2 Å². The maximum atomic E-state index is 4.37. The van der Waals surface area contributed by atoms with E-state index in [0.717, 1.165) is 16.6 Å². The molecule has 0 radical (unpaired) electrons. The topological polar surface area (TPSA) is 30.7 Å². The SMILES string of the molecule is Cn1nc2ccc(-c3ccc(-c4ccccc4)cc3)cc2n1. The second-order valence-corrected chi connectivity index (χ2v) is 5.34. The van der Waals surface area contributed by atoms with Crippen LogP contribution in [-0.4, -0.2) is 15.0 Å². The molecule has 1 aromatic heterocycles. The van der Waals surface area contributed by atoms with Gasteiger partial charge in [0, 0.05) is 7.05 Å². The van der Waals surface area contributed by atoms with Gasteiger partial charge in [0.2, 0.25) is 0 Å². The van der Waals surface area contributed by atoms with Crippen molar-refractivity contribution in [2.75, 3.05) is 0 Å². The number of hydrogen-bond acceptors (Lipinski definition) is 2. The molecule has 22 heavy (non-hydrogen) atoms. The van der Waals surface area contributed by atoms with Gasteiger partial charge in [-0.15, -0.1) is 0 Å². The van der Waals surface area contributed by atoms with Gasteiger partial charge in [-0.1, -0.05) is 60.7 Å². The fourth-order valence-electron chi connectivity index (χ4n) is 2.69. The van der Waals surface area contributed by atoms with Gasteiger partial charge >= 0.3 is 0 Å². The zero-order valence-corrected chi connectivity index (χ0v) is 12.3. The smallest absolute Gasteiger partial charge is 0.113 e. The van der Waals surface area contributed by atoms with Gasteiger partial charge < -0.3 is 0 Å². The van der Waals surface area contributed by atoms with Crippen LogP contribution in [0.1, 0.15) is 0 Å². The fourth-order valence-corrected chi connectivity index (χ4v) is 2.69. The van der Waals surface area contributed by atoms with E-state index >= 15 is 0 Å². The van der Waals surface area contributed by atoms with Crippen LogP contribution in [0.4, 0.5) is 0 Å². The molecule has 0 aliphatic heterocycles. The van der Waals surface area contributed by atoms with Crippen LogP contribution in [0, 0.1) is 0 Å². The highest BCUT2D eigenvalue weighted by Gasteiger charge is 2.04. The molecule has 4 aromatic rings. The van der Waals surface area contributed by atoms with Crippen molar-refractivity contribution in [2.45, 2.75) is 0 Å². The summed E-state index contributed by atoms with van der Waals surface area (Å²) in [7, 11) is 1.84. The van der Waals surface area contributed by atoms with Crippen LogP contribution in [0.2, 0.25) is 0 Å². The quantitative estimate of drug-likeness (QED) is 0.549. The van der Waals surface area contributed by atoms with Gasteiger partial charge in [0.05, 0.1) is 0 Å². The number of fused-ring (bicyclic) bond motifs is 1. The van der Waals surface area contributed by atoms with Crippen LogP contribution in [0.25, 0.3) is 33.3 Å². The lowest BCUT2D eigenvalue weighted by atomic mass is 10.0. The number of aromatic nitrogens is 3. The minimum absolute atomic E-state index is 0.923. The Balaban J connectivity index is 1.72. The molecule has 0 saturated carbocycles. The summed E-state index contributed by atoms with van der Waals surface area (Å²) < 4.78 is 0. The van der Waals surface area contributed by atoms with Crippen LogP contribution in [0.5, 0.6) is 0 Å². The Morgan fingerprint density at radius 1 is 0.591 bits per heavy atom. The predicted molar refractivity (Wildman–Crippen MR) is 89.4 cm³/mol. The van der Waals surface area contributed by atoms with Crippen molar-refractivity contribution in [2.24, 2.45) is 7.05 Å². The number of nitrogens with zero attached hydrogens (tertiary/aromatic N) is 3. The highest BCUT2D eigenvalue weighted by Crippen LogP contribution is 2.26. The maximum Gasteiger partial charge on any atom is 0.113 e. The molecule has 0 atom stereocenters. The molecule has 1 heterocycles. The first-order chi connectivity index (χ1) is 10.8. The Kier molecular flexibility index (Phi) is 2.97. The Hall–Kier alpha value is -2.94. The third kappa shape index (κ3) is 2.27. The summed E-state index contributed by atoms with van der Waals surface area (Å²) in [6.07, 6.45) is 0. The van der Waals surface area contributed by atoms with Gasteiger partial charge in [-0.05, 0) is 34.4 Å². The normalized spacial score (nSPS) is 11.0. The molecule has 0 amide bonds. The zero-order chi connectivity index (χ0) is 14.9. The van der Waals surface area contributed by atoms with Crippen LogP contribution < -0.4 is 0 Å². The molecule has 3 heteroatoms. The van der Waals surface area contributed by atoms with Gasteiger partial charge in [0.15, 0.2) is 0 Å². The lowest BCUT2D eigenvalue weighted by molar-refractivity contribution is 0.665. The van der Waals surface area contributed by atoms with Crippen molar-refractivity contribution >= 4 is 11.0 Å². The minimum Gasteiger partial charge on any atom is -0.187 e. The van der Waals surface area contributed by atoms with Crippen molar-refractivity contribution in [3.63, 3.8) is 0 Å². The van der Waals surface area contributed by atoms with Crippen molar-refractivity contribution in [1.29, 1.82) is 0 Å². The Morgan fingerprint density at radius 3 is 1.86 bits per heavy atom. The molecule has 0 spiro atoms. The van der Waals surface area contributed by atoms with E-state index in [2.05, 4.69) is 70.9 Å². The summed E-state index contributed by atoms with van der Waals surface area (Å²) in [5.74, 6) is 0. The number of benzene rings is 3. The van der Waals surface area contributed by atoms with E-state index in [-0.39, 0.29) is 0 Å². The average Bonchev–Trinajstić information content (AvgIpc) is 2.95. The first-order valence-electron chi connectivity index (χ1n) is 7.26. The van der Waals surface area contributed by atoms with E-state index in [0.29, 0.717) is 0 Å². The molecule has 0 unspecified atom stereocenters. The Morgan fingerprint density at radius 2 is 1.14 bits per heavy atom. The van der Waals surface area contributed by atoms with Crippen molar-refractivity contribution in [3.8, 4) is 22.3 Å². The zero-order valence-electron chi connectivity index (χ0n) is 12.3. The third-order valence-electron chi connectivity index (χ3n) is 3.81. The largest absolute Gasteiger partial charge is 0.187 e. The van der Waals surface area contributed by atoms with Crippen molar-refractivity contribution < 1.29 is 0 Å². The lowest BCUT2D eigenvalue weighted by Gasteiger charge is -2.05. The summed E-state index contributed by atoms with van der Waals surface area (Å²) in [6.45, 7) is 0. The summed E-state index contributed by atoms with van der Waals surface area (Å²) in [5, 5.41) is 8.68. The molecule has 0 fully saturated rings. The van der Waals surface area contributed by atoms with Gasteiger partial charge in [0.25, 0.3) is 0 Å². The van der Waals surface area contributed by atoms with Crippen LogP contribution in [-0.2, 0) is 7.05 Å². The Labute approximate surface area is 128 Å². The molecule has 0 aliphatic carbocycles. The molecule has 0 saturated heterocycles. The molecular formula is C19H15N3. The molecule has 3 aromatic carbocycles. The van der Waals surface area contributed by atoms with E-state index in [1.165, 1.54) is 16.7 Å². The molecule has 0 N–H and O–H groups in total. The lowest BCUT2D eigenvalue weighted by Crippen LogP contribution is -1.90. The number of aryl methyl sites for hydroxylation is 1. The molecule has 0 aliphatic rings. The summed E-state index contributed by atoms with van der Waals surface area (Å²) in [4.78, 5) is 1.60. The van der Waals surface area contributed by atoms with Crippen LogP contribution in [0.15, 0.2) is 72.8 Å². The summed E-state index contributed by atoms with van der Waals surface area (Å²) in [6, 6.07) is 25.2. The predicted octanol–water partition coefficient (Wildman–Crippen LogP) is 4.30. The summed E-state index contributed by atoms with van der Waals surface area (Å²) >= 11 is 0. The van der Waals surface area contributed by atoms with Crippen LogP contribution in [0.3, 0.4) is 0 Å². The van der Waals surface area contributed by atoms with Gasteiger partial charge in [-0.25, -0.2) is 0 Å². The third-order valence-corrected chi connectivity index (χ3v) is 3.81. The van der Waals surface area contributed by atoms with Gasteiger partial charge in [-0.3, -0.25) is 0 Å². The van der Waals surface area contributed by atoms with Crippen LogP contribution >= 0.6 is 0 Å². The second kappa shape index (κ2) is 5.11. The van der Waals surface area contributed by atoms with E-state index in [1.54, 1.807) is 4.80 Å². The van der Waals surface area contributed by atoms with Crippen molar-refractivity contribution in [1.82, 2.24) is 15.0 Å².